The Kier molecular flexibility index (Phi) is 4.92. The Balaban J connectivity index is 1.30. The van der Waals surface area contributed by atoms with E-state index in [0.29, 0.717) is 21.9 Å². The third-order valence-electron chi connectivity index (χ3n) is 6.08. The number of imidazole rings is 1. The number of hydrogen-bond acceptors (Lipinski definition) is 2. The minimum atomic E-state index is -0.203. The molecule has 1 aliphatic carbocycles. The summed E-state index contributed by atoms with van der Waals surface area (Å²) in [6, 6.07) is 10.6. The van der Waals surface area contributed by atoms with Crippen molar-refractivity contribution in [1.29, 1.82) is 0 Å². The fraction of sp³-hybridized carbons (Fsp3) is 0.304. The van der Waals surface area contributed by atoms with Crippen LogP contribution >= 0.6 is 23.2 Å². The first-order valence-electron chi connectivity index (χ1n) is 9.94. The molecule has 5 rings (SSSR count). The predicted molar refractivity (Wildman–Crippen MR) is 116 cm³/mol. The highest BCUT2D eigenvalue weighted by Gasteiger charge is 2.25. The third kappa shape index (κ3) is 3.72. The number of aromatic nitrogens is 3. The van der Waals surface area contributed by atoms with Crippen molar-refractivity contribution in [2.45, 2.75) is 38.0 Å². The second-order valence-corrected chi connectivity index (χ2v) is 8.76. The molecule has 148 valence electrons. The van der Waals surface area contributed by atoms with Crippen molar-refractivity contribution in [3.05, 3.63) is 69.8 Å². The second-order valence-electron chi connectivity index (χ2n) is 7.95. The molecule has 0 bridgehead atoms. The lowest BCUT2D eigenvalue weighted by molar-refractivity contribution is 0.322. The number of nitrogens with zero attached hydrogens (tertiary/aromatic N) is 2. The van der Waals surface area contributed by atoms with E-state index in [1.807, 2.05) is 18.3 Å². The zero-order valence-electron chi connectivity index (χ0n) is 15.8. The number of nitrogens with one attached hydrogen (secondary N) is 1. The lowest BCUT2D eigenvalue weighted by atomic mass is 9.77. The number of fused-ring (bicyclic) bond motifs is 2. The minimum absolute atomic E-state index is 0.203. The van der Waals surface area contributed by atoms with Crippen molar-refractivity contribution in [3.8, 4) is 0 Å². The number of halogens is 3. The Morgan fingerprint density at radius 2 is 1.76 bits per heavy atom. The van der Waals surface area contributed by atoms with E-state index in [1.165, 1.54) is 11.6 Å². The van der Waals surface area contributed by atoms with Gasteiger partial charge in [0.2, 0.25) is 0 Å². The molecule has 0 saturated heterocycles. The Bertz CT molecular complexity index is 1160. The topological polar surface area (TPSA) is 41.6 Å². The Morgan fingerprint density at radius 1 is 0.966 bits per heavy atom. The number of H-pyrrole nitrogens is 1. The van der Waals surface area contributed by atoms with Crippen LogP contribution in [-0.4, -0.2) is 15.0 Å². The van der Waals surface area contributed by atoms with E-state index < -0.39 is 0 Å². The lowest BCUT2D eigenvalue weighted by Crippen LogP contribution is -2.16. The summed E-state index contributed by atoms with van der Waals surface area (Å²) in [4.78, 5) is 12.5. The molecule has 2 heterocycles. The highest BCUT2D eigenvalue weighted by Crippen LogP contribution is 2.39. The van der Waals surface area contributed by atoms with Gasteiger partial charge in [-0.05, 0) is 79.5 Å². The molecule has 2 aromatic carbocycles. The number of rotatable bonds is 3. The summed E-state index contributed by atoms with van der Waals surface area (Å²) in [6.45, 7) is 0. The van der Waals surface area contributed by atoms with Gasteiger partial charge in [0, 0.05) is 18.0 Å². The molecule has 1 N–H and O–H groups in total. The normalized spacial score (nSPS) is 19.8. The predicted octanol–water partition coefficient (Wildman–Crippen LogP) is 7.07. The molecule has 6 heteroatoms. The van der Waals surface area contributed by atoms with Gasteiger partial charge in [-0.1, -0.05) is 23.2 Å². The van der Waals surface area contributed by atoms with Crippen molar-refractivity contribution in [2.24, 2.45) is 5.92 Å². The van der Waals surface area contributed by atoms with Crippen molar-refractivity contribution >= 4 is 45.1 Å². The van der Waals surface area contributed by atoms with Crippen LogP contribution in [0.4, 0.5) is 4.39 Å². The van der Waals surface area contributed by atoms with E-state index in [2.05, 4.69) is 21.0 Å². The van der Waals surface area contributed by atoms with Crippen LogP contribution in [0.3, 0.4) is 0 Å². The van der Waals surface area contributed by atoms with Gasteiger partial charge in [0.05, 0.1) is 26.6 Å². The minimum Gasteiger partial charge on any atom is -0.342 e. The quantitative estimate of drug-likeness (QED) is 0.379. The SMILES string of the molecule is Fc1ccc2nccc(C3CCC(Cc4nc5cc(Cl)c(Cl)cc5[nH]4)CC3)c2c1. The maximum atomic E-state index is 13.8. The van der Waals surface area contributed by atoms with Crippen molar-refractivity contribution < 1.29 is 4.39 Å². The van der Waals surface area contributed by atoms with E-state index in [-0.39, 0.29) is 5.82 Å². The summed E-state index contributed by atoms with van der Waals surface area (Å²) in [5.41, 5.74) is 3.87. The summed E-state index contributed by atoms with van der Waals surface area (Å²) >= 11 is 12.2. The fourth-order valence-corrected chi connectivity index (χ4v) is 4.92. The summed E-state index contributed by atoms with van der Waals surface area (Å²) in [6.07, 6.45) is 7.20. The zero-order chi connectivity index (χ0) is 20.0. The Labute approximate surface area is 178 Å². The number of pyridine rings is 1. The monoisotopic (exact) mass is 427 g/mol. The molecule has 0 atom stereocenters. The van der Waals surface area contributed by atoms with Gasteiger partial charge >= 0.3 is 0 Å². The van der Waals surface area contributed by atoms with Crippen LogP contribution in [0.2, 0.25) is 10.0 Å². The second kappa shape index (κ2) is 7.58. The van der Waals surface area contributed by atoms with E-state index in [4.69, 9.17) is 23.2 Å². The fourth-order valence-electron chi connectivity index (χ4n) is 4.60. The molecule has 29 heavy (non-hydrogen) atoms. The number of aromatic amines is 1. The molecule has 0 radical (unpaired) electrons. The van der Waals surface area contributed by atoms with Gasteiger partial charge in [-0.25, -0.2) is 9.37 Å². The largest absolute Gasteiger partial charge is 0.342 e. The van der Waals surface area contributed by atoms with E-state index in [9.17, 15) is 4.39 Å². The molecule has 3 nitrogen and oxygen atoms in total. The number of hydrogen-bond donors (Lipinski definition) is 1. The molecular weight excluding hydrogens is 408 g/mol. The highest BCUT2D eigenvalue weighted by molar-refractivity contribution is 6.42. The zero-order valence-corrected chi connectivity index (χ0v) is 17.3. The van der Waals surface area contributed by atoms with Crippen LogP contribution in [0.5, 0.6) is 0 Å². The maximum absolute atomic E-state index is 13.8. The average molecular weight is 428 g/mol. The van der Waals surface area contributed by atoms with Crippen LogP contribution < -0.4 is 0 Å². The standard InChI is InChI=1S/C23H20Cl2FN3/c24-18-11-21-22(12-19(18)25)29-23(28-21)9-13-1-3-14(4-2-13)16-7-8-27-20-6-5-15(26)10-17(16)20/h5-8,10-14H,1-4,9H2,(H,28,29). The molecule has 0 aliphatic heterocycles. The highest BCUT2D eigenvalue weighted by atomic mass is 35.5. The van der Waals surface area contributed by atoms with Gasteiger partial charge in [-0.3, -0.25) is 4.98 Å². The first-order chi connectivity index (χ1) is 14.1. The van der Waals surface area contributed by atoms with Crippen molar-refractivity contribution in [3.63, 3.8) is 0 Å². The third-order valence-corrected chi connectivity index (χ3v) is 6.80. The molecule has 1 aliphatic rings. The van der Waals surface area contributed by atoms with E-state index in [0.717, 1.165) is 59.9 Å². The molecule has 0 unspecified atom stereocenters. The molecule has 0 spiro atoms. The summed E-state index contributed by atoms with van der Waals surface area (Å²) in [5, 5.41) is 2.01. The summed E-state index contributed by atoms with van der Waals surface area (Å²) < 4.78 is 13.8. The Morgan fingerprint density at radius 3 is 2.59 bits per heavy atom. The smallest absolute Gasteiger partial charge is 0.123 e. The summed E-state index contributed by atoms with van der Waals surface area (Å²) in [7, 11) is 0. The van der Waals surface area contributed by atoms with Crippen LogP contribution in [0.15, 0.2) is 42.6 Å². The average Bonchev–Trinajstić information content (AvgIpc) is 3.09. The van der Waals surface area contributed by atoms with E-state index in [1.54, 1.807) is 12.1 Å². The van der Waals surface area contributed by atoms with Gasteiger partial charge in [0.25, 0.3) is 0 Å². The maximum Gasteiger partial charge on any atom is 0.123 e. The van der Waals surface area contributed by atoms with Gasteiger partial charge in [-0.2, -0.15) is 0 Å². The Hall–Kier alpha value is -2.17. The van der Waals surface area contributed by atoms with Crippen LogP contribution in [0, 0.1) is 11.7 Å². The van der Waals surface area contributed by atoms with Gasteiger partial charge < -0.3 is 4.98 Å². The molecule has 4 aromatic rings. The van der Waals surface area contributed by atoms with Crippen LogP contribution in [0.1, 0.15) is 43.0 Å². The first-order valence-corrected chi connectivity index (χ1v) is 10.7. The van der Waals surface area contributed by atoms with Gasteiger partial charge in [-0.15, -0.1) is 0 Å². The van der Waals surface area contributed by atoms with Crippen LogP contribution in [0.25, 0.3) is 21.9 Å². The van der Waals surface area contributed by atoms with Crippen molar-refractivity contribution in [2.75, 3.05) is 0 Å². The van der Waals surface area contributed by atoms with Gasteiger partial charge in [0.15, 0.2) is 0 Å². The van der Waals surface area contributed by atoms with Crippen molar-refractivity contribution in [1.82, 2.24) is 15.0 Å². The number of benzene rings is 2. The molecular formula is C23H20Cl2FN3. The summed E-state index contributed by atoms with van der Waals surface area (Å²) in [5.74, 6) is 1.82. The molecule has 1 saturated carbocycles. The molecule has 1 fully saturated rings. The van der Waals surface area contributed by atoms with Crippen LogP contribution in [-0.2, 0) is 6.42 Å². The van der Waals surface area contributed by atoms with Gasteiger partial charge in [0.1, 0.15) is 11.6 Å². The molecule has 2 aromatic heterocycles. The molecule has 0 amide bonds. The van der Waals surface area contributed by atoms with E-state index >= 15 is 0 Å². The first kappa shape index (κ1) is 18.8. The lowest BCUT2D eigenvalue weighted by Gasteiger charge is -2.29.